The summed E-state index contributed by atoms with van der Waals surface area (Å²) in [6.45, 7) is 2.52. The zero-order chi connectivity index (χ0) is 13.1. The van der Waals surface area contributed by atoms with Crippen LogP contribution in [0.3, 0.4) is 0 Å². The van der Waals surface area contributed by atoms with Crippen molar-refractivity contribution in [2.45, 2.75) is 13.3 Å². The van der Waals surface area contributed by atoms with Gasteiger partial charge in [0.05, 0.1) is 11.7 Å². The SMILES string of the molecule is C#CCSCCNC(=O)NCCC(C)C(=O)O. The third-order valence-electron chi connectivity index (χ3n) is 2.00. The van der Waals surface area contributed by atoms with Crippen LogP contribution in [0.15, 0.2) is 0 Å². The smallest absolute Gasteiger partial charge is 0.314 e. The Bertz CT molecular complexity index is 289. The molecule has 0 bridgehead atoms. The van der Waals surface area contributed by atoms with Gasteiger partial charge in [-0.1, -0.05) is 12.8 Å². The molecule has 0 saturated heterocycles. The maximum absolute atomic E-state index is 11.2. The van der Waals surface area contributed by atoms with Gasteiger partial charge < -0.3 is 15.7 Å². The van der Waals surface area contributed by atoms with Crippen molar-refractivity contribution in [2.24, 2.45) is 5.92 Å². The lowest BCUT2D eigenvalue weighted by Gasteiger charge is -2.08. The second kappa shape index (κ2) is 9.85. The molecule has 0 aromatic heterocycles. The van der Waals surface area contributed by atoms with E-state index in [0.29, 0.717) is 25.3 Å². The molecule has 96 valence electrons. The molecule has 0 radical (unpaired) electrons. The van der Waals surface area contributed by atoms with Crippen molar-refractivity contribution >= 4 is 23.8 Å². The van der Waals surface area contributed by atoms with Gasteiger partial charge in [0.15, 0.2) is 0 Å². The van der Waals surface area contributed by atoms with Gasteiger partial charge in [-0.15, -0.1) is 18.2 Å². The van der Waals surface area contributed by atoms with Crippen molar-refractivity contribution in [2.75, 3.05) is 24.6 Å². The van der Waals surface area contributed by atoms with Gasteiger partial charge in [0.1, 0.15) is 0 Å². The number of rotatable bonds is 8. The molecular formula is C11H18N2O3S. The van der Waals surface area contributed by atoms with Gasteiger partial charge in [-0.2, -0.15) is 0 Å². The number of carboxylic acids is 1. The van der Waals surface area contributed by atoms with E-state index in [1.54, 1.807) is 18.7 Å². The minimum absolute atomic E-state index is 0.274. The van der Waals surface area contributed by atoms with Gasteiger partial charge in [-0.25, -0.2) is 4.79 Å². The summed E-state index contributed by atoms with van der Waals surface area (Å²) in [7, 11) is 0. The van der Waals surface area contributed by atoms with Crippen molar-refractivity contribution in [3.8, 4) is 12.3 Å². The third kappa shape index (κ3) is 9.57. The lowest BCUT2D eigenvalue weighted by atomic mass is 10.1. The first kappa shape index (κ1) is 15.7. The zero-order valence-corrected chi connectivity index (χ0v) is 10.7. The molecule has 0 rings (SSSR count). The predicted molar refractivity (Wildman–Crippen MR) is 69.0 cm³/mol. The quantitative estimate of drug-likeness (QED) is 0.444. The van der Waals surface area contributed by atoms with Gasteiger partial charge >= 0.3 is 12.0 Å². The maximum atomic E-state index is 11.2. The van der Waals surface area contributed by atoms with Gasteiger partial charge in [0.2, 0.25) is 0 Å². The van der Waals surface area contributed by atoms with Gasteiger partial charge in [0.25, 0.3) is 0 Å². The minimum atomic E-state index is -0.849. The molecule has 3 N–H and O–H groups in total. The molecule has 0 aliphatic rings. The Morgan fingerprint density at radius 3 is 2.65 bits per heavy atom. The summed E-state index contributed by atoms with van der Waals surface area (Å²) in [6, 6.07) is -0.274. The second-order valence-electron chi connectivity index (χ2n) is 3.47. The number of amides is 2. The molecule has 5 nitrogen and oxygen atoms in total. The van der Waals surface area contributed by atoms with E-state index < -0.39 is 11.9 Å². The average molecular weight is 258 g/mol. The summed E-state index contributed by atoms with van der Waals surface area (Å²) in [6.07, 6.45) is 5.50. The number of hydrogen-bond acceptors (Lipinski definition) is 3. The second-order valence-corrected chi connectivity index (χ2v) is 4.57. The molecule has 1 unspecified atom stereocenters. The van der Waals surface area contributed by atoms with Crippen LogP contribution in [0.5, 0.6) is 0 Å². The zero-order valence-electron chi connectivity index (χ0n) is 9.86. The topological polar surface area (TPSA) is 78.4 Å². The van der Waals surface area contributed by atoms with Crippen LogP contribution in [-0.4, -0.2) is 41.7 Å². The first-order valence-corrected chi connectivity index (χ1v) is 6.49. The van der Waals surface area contributed by atoms with E-state index in [0.717, 1.165) is 5.75 Å². The van der Waals surface area contributed by atoms with Gasteiger partial charge in [-0.3, -0.25) is 4.79 Å². The number of aliphatic carboxylic acids is 1. The molecule has 0 aromatic carbocycles. The Hall–Kier alpha value is -1.35. The molecule has 0 spiro atoms. The van der Waals surface area contributed by atoms with Gasteiger partial charge in [-0.05, 0) is 6.42 Å². The van der Waals surface area contributed by atoms with Gasteiger partial charge in [0, 0.05) is 18.8 Å². The normalized spacial score (nSPS) is 11.3. The number of nitrogens with one attached hydrogen (secondary N) is 2. The lowest BCUT2D eigenvalue weighted by Crippen LogP contribution is -2.37. The summed E-state index contributed by atoms with van der Waals surface area (Å²) >= 11 is 1.57. The Morgan fingerprint density at radius 2 is 2.06 bits per heavy atom. The standard InChI is InChI=1S/C11H18N2O3S/c1-3-7-17-8-6-13-11(16)12-5-4-9(2)10(14)15/h1,9H,4-8H2,2H3,(H,14,15)(H2,12,13,16). The largest absolute Gasteiger partial charge is 0.481 e. The summed E-state index contributed by atoms with van der Waals surface area (Å²) in [5.41, 5.74) is 0. The number of urea groups is 1. The Morgan fingerprint density at radius 1 is 1.41 bits per heavy atom. The monoisotopic (exact) mass is 258 g/mol. The van der Waals surface area contributed by atoms with Crippen molar-refractivity contribution in [3.63, 3.8) is 0 Å². The highest BCUT2D eigenvalue weighted by molar-refractivity contribution is 7.99. The number of carbonyl (C=O) groups is 2. The first-order chi connectivity index (χ1) is 8.07. The van der Waals surface area contributed by atoms with Crippen LogP contribution in [0.2, 0.25) is 0 Å². The fourth-order valence-corrected chi connectivity index (χ4v) is 1.46. The van der Waals surface area contributed by atoms with E-state index in [1.807, 2.05) is 0 Å². The number of carboxylic acid groups (broad SMARTS) is 1. The van der Waals surface area contributed by atoms with E-state index in [-0.39, 0.29) is 6.03 Å². The van der Waals surface area contributed by atoms with Crippen LogP contribution in [0.1, 0.15) is 13.3 Å². The average Bonchev–Trinajstić information content (AvgIpc) is 2.28. The maximum Gasteiger partial charge on any atom is 0.314 e. The van der Waals surface area contributed by atoms with Crippen LogP contribution in [0.4, 0.5) is 4.79 Å². The number of hydrogen-bond donors (Lipinski definition) is 3. The molecule has 6 heteroatoms. The molecule has 2 amide bonds. The van der Waals surface area contributed by atoms with Crippen LogP contribution >= 0.6 is 11.8 Å². The van der Waals surface area contributed by atoms with E-state index in [9.17, 15) is 9.59 Å². The van der Waals surface area contributed by atoms with Crippen molar-refractivity contribution in [1.82, 2.24) is 10.6 Å². The number of carbonyl (C=O) groups excluding carboxylic acids is 1. The minimum Gasteiger partial charge on any atom is -0.481 e. The van der Waals surface area contributed by atoms with Crippen LogP contribution in [-0.2, 0) is 4.79 Å². The molecule has 0 aromatic rings. The molecule has 0 fully saturated rings. The summed E-state index contributed by atoms with van der Waals surface area (Å²) < 4.78 is 0. The van der Waals surface area contributed by atoms with Crippen molar-refractivity contribution < 1.29 is 14.7 Å². The first-order valence-electron chi connectivity index (χ1n) is 5.33. The predicted octanol–water partition coefficient (Wildman–Crippen LogP) is 0.763. The van der Waals surface area contributed by atoms with Crippen LogP contribution < -0.4 is 10.6 Å². The van der Waals surface area contributed by atoms with E-state index in [1.165, 1.54) is 0 Å². The Labute approximate surface area is 106 Å². The number of thioether (sulfide) groups is 1. The molecule has 17 heavy (non-hydrogen) atoms. The van der Waals surface area contributed by atoms with Crippen LogP contribution in [0, 0.1) is 18.3 Å². The fraction of sp³-hybridized carbons (Fsp3) is 0.636. The molecule has 1 atom stereocenters. The molecular weight excluding hydrogens is 240 g/mol. The lowest BCUT2D eigenvalue weighted by molar-refractivity contribution is -0.141. The molecule has 0 aliphatic carbocycles. The van der Waals surface area contributed by atoms with Crippen LogP contribution in [0.25, 0.3) is 0 Å². The fourth-order valence-electron chi connectivity index (χ4n) is 0.956. The molecule has 0 saturated carbocycles. The highest BCUT2D eigenvalue weighted by atomic mass is 32.2. The van der Waals surface area contributed by atoms with E-state index in [4.69, 9.17) is 11.5 Å². The number of terminal acetylenes is 1. The summed E-state index contributed by atoms with van der Waals surface area (Å²) in [5.74, 6) is 2.61. The third-order valence-corrected chi connectivity index (χ3v) is 2.87. The summed E-state index contributed by atoms with van der Waals surface area (Å²) in [5, 5.41) is 13.9. The highest BCUT2D eigenvalue weighted by Crippen LogP contribution is 1.99. The van der Waals surface area contributed by atoms with E-state index in [2.05, 4.69) is 16.6 Å². The van der Waals surface area contributed by atoms with Crippen molar-refractivity contribution in [1.29, 1.82) is 0 Å². The molecule has 0 aliphatic heterocycles. The van der Waals surface area contributed by atoms with Crippen molar-refractivity contribution in [3.05, 3.63) is 0 Å². The highest BCUT2D eigenvalue weighted by Gasteiger charge is 2.10. The Balaban J connectivity index is 3.41. The molecule has 0 heterocycles. The summed E-state index contributed by atoms with van der Waals surface area (Å²) in [4.78, 5) is 21.7. The Kier molecular flexibility index (Phi) is 9.06. The van der Waals surface area contributed by atoms with E-state index >= 15 is 0 Å².